The van der Waals surface area contributed by atoms with Crippen LogP contribution in [0.15, 0.2) is 24.0 Å². The molecule has 0 aliphatic carbocycles. The Morgan fingerprint density at radius 2 is 2.23 bits per heavy atom. The molecule has 0 N–H and O–H groups in total. The van der Waals surface area contributed by atoms with Crippen LogP contribution in [0.1, 0.15) is 46.0 Å². The zero-order chi connectivity index (χ0) is 9.52. The van der Waals surface area contributed by atoms with Gasteiger partial charge in [-0.3, -0.25) is 0 Å². The molecule has 0 saturated heterocycles. The van der Waals surface area contributed by atoms with E-state index in [4.69, 9.17) is 4.74 Å². The zero-order valence-electron chi connectivity index (χ0n) is 8.75. The van der Waals surface area contributed by atoms with Crippen LogP contribution in [-0.4, -0.2) is 6.10 Å². The molecule has 1 heterocycles. The number of hydrogen-bond donors (Lipinski definition) is 0. The lowest BCUT2D eigenvalue weighted by atomic mass is 10.1. The van der Waals surface area contributed by atoms with Crippen molar-refractivity contribution in [2.24, 2.45) is 0 Å². The number of allylic oxidation sites excluding steroid dienone is 4. The van der Waals surface area contributed by atoms with Crippen molar-refractivity contribution in [3.8, 4) is 0 Å². The maximum absolute atomic E-state index is 5.89. The van der Waals surface area contributed by atoms with E-state index in [0.29, 0.717) is 6.10 Å². The van der Waals surface area contributed by atoms with Crippen LogP contribution in [-0.2, 0) is 4.74 Å². The average Bonchev–Trinajstić information content (AvgIpc) is 2.28. The molecule has 0 saturated carbocycles. The second kappa shape index (κ2) is 5.85. The van der Waals surface area contributed by atoms with Crippen molar-refractivity contribution < 1.29 is 4.74 Å². The van der Waals surface area contributed by atoms with E-state index >= 15 is 0 Å². The van der Waals surface area contributed by atoms with Crippen LogP contribution < -0.4 is 0 Å². The van der Waals surface area contributed by atoms with Crippen LogP contribution in [0, 0.1) is 0 Å². The Morgan fingerprint density at radius 1 is 1.38 bits per heavy atom. The lowest BCUT2D eigenvalue weighted by Crippen LogP contribution is -2.10. The summed E-state index contributed by atoms with van der Waals surface area (Å²) in [7, 11) is 0. The van der Waals surface area contributed by atoms with Crippen LogP contribution >= 0.6 is 0 Å². The first-order valence-corrected chi connectivity index (χ1v) is 5.37. The summed E-state index contributed by atoms with van der Waals surface area (Å²) in [5.74, 6) is 1.17. The molecule has 0 aromatic rings. The van der Waals surface area contributed by atoms with Crippen LogP contribution in [0.5, 0.6) is 0 Å². The Kier molecular flexibility index (Phi) is 4.66. The Labute approximate surface area is 81.5 Å². The molecule has 1 heteroatoms. The summed E-state index contributed by atoms with van der Waals surface area (Å²) < 4.78 is 5.89. The summed E-state index contributed by atoms with van der Waals surface area (Å²) in [5, 5.41) is 0. The second-order valence-corrected chi connectivity index (χ2v) is 3.46. The molecule has 0 radical (unpaired) electrons. The molecule has 0 bridgehead atoms. The van der Waals surface area contributed by atoms with Crippen LogP contribution in [0.25, 0.3) is 0 Å². The summed E-state index contributed by atoms with van der Waals surface area (Å²) in [6.07, 6.45) is 12.6. The molecule has 74 valence electrons. The Hall–Kier alpha value is -0.720. The quantitative estimate of drug-likeness (QED) is 0.587. The highest BCUT2D eigenvalue weighted by Gasteiger charge is 2.08. The van der Waals surface area contributed by atoms with Gasteiger partial charge in [0, 0.05) is 6.42 Å². The lowest BCUT2D eigenvalue weighted by molar-refractivity contribution is 0.100. The normalized spacial score (nSPS) is 30.3. The minimum Gasteiger partial charge on any atom is -0.495 e. The zero-order valence-corrected chi connectivity index (χ0v) is 8.75. The van der Waals surface area contributed by atoms with Gasteiger partial charge in [-0.25, -0.2) is 0 Å². The average molecular weight is 180 g/mol. The van der Waals surface area contributed by atoms with E-state index in [1.807, 2.05) is 0 Å². The van der Waals surface area contributed by atoms with Gasteiger partial charge in [0.2, 0.25) is 0 Å². The molecule has 0 aromatic carbocycles. The van der Waals surface area contributed by atoms with Gasteiger partial charge in [0.05, 0.1) is 11.9 Å². The summed E-state index contributed by atoms with van der Waals surface area (Å²) in [4.78, 5) is 0. The Balaban J connectivity index is 2.57. The Morgan fingerprint density at radius 3 is 2.92 bits per heavy atom. The first-order chi connectivity index (χ1) is 6.36. The van der Waals surface area contributed by atoms with E-state index < -0.39 is 0 Å². The first kappa shape index (κ1) is 10.4. The summed E-state index contributed by atoms with van der Waals surface area (Å²) in [6.45, 7) is 4.35. The number of hydrogen-bond acceptors (Lipinski definition) is 1. The van der Waals surface area contributed by atoms with Crippen molar-refractivity contribution in [1.29, 1.82) is 0 Å². The third-order valence-electron chi connectivity index (χ3n) is 2.43. The van der Waals surface area contributed by atoms with E-state index in [1.54, 1.807) is 0 Å². The summed E-state index contributed by atoms with van der Waals surface area (Å²) in [5.41, 5.74) is 0. The van der Waals surface area contributed by atoms with E-state index in [-0.39, 0.29) is 0 Å². The molecule has 0 aromatic heterocycles. The molecule has 1 rings (SSSR count). The third-order valence-corrected chi connectivity index (χ3v) is 2.43. The predicted octanol–water partition coefficient (Wildman–Crippen LogP) is 3.82. The largest absolute Gasteiger partial charge is 0.495 e. The highest BCUT2D eigenvalue weighted by Crippen LogP contribution is 2.16. The molecule has 1 atom stereocenters. The highest BCUT2D eigenvalue weighted by molar-refractivity contribution is 5.00. The van der Waals surface area contributed by atoms with E-state index in [2.05, 4.69) is 32.1 Å². The van der Waals surface area contributed by atoms with Gasteiger partial charge in [-0.2, -0.15) is 0 Å². The summed E-state index contributed by atoms with van der Waals surface area (Å²) in [6, 6.07) is 0. The molecule has 1 aliphatic heterocycles. The molecular formula is C12H20O. The van der Waals surface area contributed by atoms with Gasteiger partial charge in [-0.15, -0.1) is 0 Å². The molecule has 1 unspecified atom stereocenters. The predicted molar refractivity (Wildman–Crippen MR) is 56.5 cm³/mol. The van der Waals surface area contributed by atoms with Gasteiger partial charge < -0.3 is 4.74 Å². The molecule has 13 heavy (non-hydrogen) atoms. The third kappa shape index (κ3) is 3.67. The van der Waals surface area contributed by atoms with Gasteiger partial charge >= 0.3 is 0 Å². The maximum atomic E-state index is 5.89. The van der Waals surface area contributed by atoms with Gasteiger partial charge in [0.25, 0.3) is 0 Å². The lowest BCUT2D eigenvalue weighted by Gasteiger charge is -2.18. The van der Waals surface area contributed by atoms with Crippen LogP contribution in [0.2, 0.25) is 0 Å². The monoisotopic (exact) mass is 180 g/mol. The topological polar surface area (TPSA) is 9.23 Å². The standard InChI is InChI=1S/C12H20O/c1-3-11-9-7-5-6-8-10-12(4-2)13-11/h5-6,9,12H,3-4,7-8,10H2,1-2H3/b6-5-,11-9-. The highest BCUT2D eigenvalue weighted by atomic mass is 16.5. The van der Waals surface area contributed by atoms with Gasteiger partial charge in [-0.05, 0) is 31.8 Å². The van der Waals surface area contributed by atoms with Crippen molar-refractivity contribution in [1.82, 2.24) is 0 Å². The summed E-state index contributed by atoms with van der Waals surface area (Å²) >= 11 is 0. The fraction of sp³-hybridized carbons (Fsp3) is 0.667. The number of ether oxygens (including phenoxy) is 1. The van der Waals surface area contributed by atoms with Crippen molar-refractivity contribution in [3.05, 3.63) is 24.0 Å². The molecule has 0 fully saturated rings. The van der Waals surface area contributed by atoms with E-state index in [9.17, 15) is 0 Å². The smallest absolute Gasteiger partial charge is 0.0982 e. The SMILES string of the molecule is CC/C1=C/C/C=C\CCC(CC)O1. The number of rotatable bonds is 2. The van der Waals surface area contributed by atoms with Crippen molar-refractivity contribution >= 4 is 0 Å². The fourth-order valence-electron chi connectivity index (χ4n) is 1.53. The van der Waals surface area contributed by atoms with E-state index in [1.165, 1.54) is 5.76 Å². The van der Waals surface area contributed by atoms with Crippen molar-refractivity contribution in [2.45, 2.75) is 52.1 Å². The molecule has 1 nitrogen and oxygen atoms in total. The molecular weight excluding hydrogens is 160 g/mol. The second-order valence-electron chi connectivity index (χ2n) is 3.46. The fourth-order valence-corrected chi connectivity index (χ4v) is 1.53. The minimum absolute atomic E-state index is 0.425. The van der Waals surface area contributed by atoms with Crippen LogP contribution in [0.4, 0.5) is 0 Å². The minimum atomic E-state index is 0.425. The van der Waals surface area contributed by atoms with Gasteiger partial charge in [-0.1, -0.05) is 26.0 Å². The first-order valence-electron chi connectivity index (χ1n) is 5.37. The van der Waals surface area contributed by atoms with Crippen molar-refractivity contribution in [2.75, 3.05) is 0 Å². The van der Waals surface area contributed by atoms with Gasteiger partial charge in [0.1, 0.15) is 0 Å². The van der Waals surface area contributed by atoms with Crippen molar-refractivity contribution in [3.63, 3.8) is 0 Å². The molecule has 1 aliphatic rings. The molecule has 0 spiro atoms. The maximum Gasteiger partial charge on any atom is 0.0982 e. The van der Waals surface area contributed by atoms with Gasteiger partial charge in [0.15, 0.2) is 0 Å². The molecule has 0 amide bonds. The van der Waals surface area contributed by atoms with E-state index in [0.717, 1.165) is 32.1 Å². The van der Waals surface area contributed by atoms with Crippen LogP contribution in [0.3, 0.4) is 0 Å². The Bertz CT molecular complexity index is 191.